The van der Waals surface area contributed by atoms with E-state index in [9.17, 15) is 9.59 Å². The SMILES string of the molecule is CCCc1c(C)c(CCC)c(C)c(C(=O)OC(=O)c2c(C)cc(C)cc2C)c1C. The minimum absolute atomic E-state index is 0.480. The average Bonchev–Trinajstić information content (AvgIpc) is 2.61. The van der Waals surface area contributed by atoms with Crippen LogP contribution < -0.4 is 0 Å². The van der Waals surface area contributed by atoms with Crippen LogP contribution in [0, 0.1) is 41.5 Å². The molecule has 0 saturated carbocycles. The molecule has 2 aromatic carbocycles. The topological polar surface area (TPSA) is 43.4 Å². The van der Waals surface area contributed by atoms with Crippen LogP contribution in [0.4, 0.5) is 0 Å². The van der Waals surface area contributed by atoms with E-state index in [2.05, 4.69) is 20.8 Å². The highest BCUT2D eigenvalue weighted by Crippen LogP contribution is 2.30. The quantitative estimate of drug-likeness (QED) is 0.418. The highest BCUT2D eigenvalue weighted by Gasteiger charge is 2.25. The number of benzene rings is 2. The maximum Gasteiger partial charge on any atom is 0.346 e. The molecule has 0 fully saturated rings. The Labute approximate surface area is 175 Å². The lowest BCUT2D eigenvalue weighted by Crippen LogP contribution is -2.19. The molecule has 3 nitrogen and oxygen atoms in total. The highest BCUT2D eigenvalue weighted by atomic mass is 16.6. The summed E-state index contributed by atoms with van der Waals surface area (Å²) >= 11 is 0. The summed E-state index contributed by atoms with van der Waals surface area (Å²) in [6, 6.07) is 3.88. The van der Waals surface area contributed by atoms with Gasteiger partial charge in [0.2, 0.25) is 0 Å². The molecule has 2 rings (SSSR count). The van der Waals surface area contributed by atoms with Crippen molar-refractivity contribution in [3.8, 4) is 0 Å². The lowest BCUT2D eigenvalue weighted by molar-refractivity contribution is 0.0396. The van der Waals surface area contributed by atoms with Crippen LogP contribution in [0.5, 0.6) is 0 Å². The Bertz CT molecular complexity index is 895. The summed E-state index contributed by atoms with van der Waals surface area (Å²) in [7, 11) is 0. The smallest absolute Gasteiger partial charge is 0.346 e. The van der Waals surface area contributed by atoms with Crippen LogP contribution in [-0.2, 0) is 17.6 Å². The van der Waals surface area contributed by atoms with E-state index in [0.717, 1.165) is 53.5 Å². The Kier molecular flexibility index (Phi) is 7.40. The molecule has 0 bridgehead atoms. The first-order chi connectivity index (χ1) is 13.6. The van der Waals surface area contributed by atoms with Gasteiger partial charge in [0.05, 0.1) is 11.1 Å². The summed E-state index contributed by atoms with van der Waals surface area (Å²) in [5.74, 6) is -1.11. The molecule has 3 heteroatoms. The van der Waals surface area contributed by atoms with Gasteiger partial charge in [0, 0.05) is 0 Å². The van der Waals surface area contributed by atoms with E-state index in [0.29, 0.717) is 11.1 Å². The first kappa shape index (κ1) is 22.9. The van der Waals surface area contributed by atoms with E-state index in [1.165, 1.54) is 16.7 Å². The fraction of sp³-hybridized carbons (Fsp3) is 0.462. The van der Waals surface area contributed by atoms with Gasteiger partial charge in [-0.3, -0.25) is 0 Å². The first-order valence-corrected chi connectivity index (χ1v) is 10.6. The number of rotatable bonds is 6. The molecule has 0 amide bonds. The van der Waals surface area contributed by atoms with Crippen LogP contribution in [0.1, 0.15) is 91.9 Å². The van der Waals surface area contributed by atoms with Gasteiger partial charge < -0.3 is 4.74 Å². The molecule has 0 aliphatic heterocycles. The van der Waals surface area contributed by atoms with Gasteiger partial charge >= 0.3 is 11.9 Å². The van der Waals surface area contributed by atoms with E-state index < -0.39 is 11.9 Å². The van der Waals surface area contributed by atoms with Gasteiger partial charge in [0.1, 0.15) is 0 Å². The molecule has 0 unspecified atom stereocenters. The lowest BCUT2D eigenvalue weighted by Gasteiger charge is -2.21. The van der Waals surface area contributed by atoms with Gasteiger partial charge in [-0.2, -0.15) is 0 Å². The molecule has 0 atom stereocenters. The van der Waals surface area contributed by atoms with E-state index in [4.69, 9.17) is 4.74 Å². The Morgan fingerprint density at radius 1 is 0.690 bits per heavy atom. The van der Waals surface area contributed by atoms with E-state index >= 15 is 0 Å². The second-order valence-electron chi connectivity index (χ2n) is 8.16. The van der Waals surface area contributed by atoms with E-state index in [-0.39, 0.29) is 0 Å². The monoisotopic (exact) mass is 394 g/mol. The molecule has 0 N–H and O–H groups in total. The Hall–Kier alpha value is -2.42. The van der Waals surface area contributed by atoms with Crippen molar-refractivity contribution in [3.63, 3.8) is 0 Å². The first-order valence-electron chi connectivity index (χ1n) is 10.6. The minimum Gasteiger partial charge on any atom is -0.386 e. The summed E-state index contributed by atoms with van der Waals surface area (Å²) in [6.45, 7) is 16.1. The van der Waals surface area contributed by atoms with Crippen molar-refractivity contribution in [2.24, 2.45) is 0 Å². The number of carbonyl (C=O) groups excluding carboxylic acids is 2. The van der Waals surface area contributed by atoms with Crippen molar-refractivity contribution in [2.75, 3.05) is 0 Å². The molecule has 0 aliphatic carbocycles. The Morgan fingerprint density at radius 3 is 1.52 bits per heavy atom. The molecule has 156 valence electrons. The molecule has 0 heterocycles. The number of hydrogen-bond acceptors (Lipinski definition) is 3. The third-order valence-corrected chi connectivity index (χ3v) is 5.83. The third kappa shape index (κ3) is 4.60. The molecule has 29 heavy (non-hydrogen) atoms. The van der Waals surface area contributed by atoms with Gasteiger partial charge in [-0.25, -0.2) is 9.59 Å². The van der Waals surface area contributed by atoms with Crippen LogP contribution in [0.3, 0.4) is 0 Å². The van der Waals surface area contributed by atoms with Gasteiger partial charge in [-0.05, 0) is 93.3 Å². The highest BCUT2D eigenvalue weighted by molar-refractivity contribution is 6.05. The number of carbonyl (C=O) groups is 2. The predicted octanol–water partition coefficient (Wildman–Crippen LogP) is 6.44. The maximum atomic E-state index is 13.1. The lowest BCUT2D eigenvalue weighted by atomic mass is 9.85. The number of esters is 2. The molecule has 2 aromatic rings. The predicted molar refractivity (Wildman–Crippen MR) is 119 cm³/mol. The zero-order valence-electron chi connectivity index (χ0n) is 19.2. The van der Waals surface area contributed by atoms with Crippen molar-refractivity contribution in [1.82, 2.24) is 0 Å². The van der Waals surface area contributed by atoms with Crippen molar-refractivity contribution in [3.05, 3.63) is 67.8 Å². The van der Waals surface area contributed by atoms with Crippen LogP contribution >= 0.6 is 0 Å². The van der Waals surface area contributed by atoms with Crippen LogP contribution in [0.2, 0.25) is 0 Å². The molecular formula is C26H34O3. The largest absolute Gasteiger partial charge is 0.386 e. The minimum atomic E-state index is -0.571. The average molecular weight is 395 g/mol. The Balaban J connectivity index is 2.51. The standard InChI is InChI=1S/C26H34O3/c1-9-11-21-18(6)22(12-10-2)20(8)24(19(21)7)26(28)29-25(27)23-16(4)13-15(3)14-17(23)5/h13-14H,9-12H2,1-8H3. The Morgan fingerprint density at radius 2 is 1.10 bits per heavy atom. The van der Waals surface area contributed by atoms with E-state index in [1.54, 1.807) is 0 Å². The number of hydrogen-bond donors (Lipinski definition) is 0. The summed E-state index contributed by atoms with van der Waals surface area (Å²) in [5, 5.41) is 0. The molecule has 0 saturated heterocycles. The summed E-state index contributed by atoms with van der Waals surface area (Å²) in [6.07, 6.45) is 3.84. The number of aryl methyl sites for hydroxylation is 3. The van der Waals surface area contributed by atoms with Crippen molar-refractivity contribution < 1.29 is 14.3 Å². The fourth-order valence-corrected chi connectivity index (χ4v) is 4.57. The summed E-state index contributed by atoms with van der Waals surface area (Å²) in [5.41, 5.74) is 9.36. The maximum absolute atomic E-state index is 13.1. The molecular weight excluding hydrogens is 360 g/mol. The van der Waals surface area contributed by atoms with Gasteiger partial charge in [-0.1, -0.05) is 44.4 Å². The zero-order valence-corrected chi connectivity index (χ0v) is 19.2. The van der Waals surface area contributed by atoms with Gasteiger partial charge in [-0.15, -0.1) is 0 Å². The molecule has 0 radical (unpaired) electrons. The van der Waals surface area contributed by atoms with Crippen molar-refractivity contribution >= 4 is 11.9 Å². The van der Waals surface area contributed by atoms with Crippen LogP contribution in [-0.4, -0.2) is 11.9 Å². The third-order valence-electron chi connectivity index (χ3n) is 5.83. The fourth-order valence-electron chi connectivity index (χ4n) is 4.57. The second-order valence-corrected chi connectivity index (χ2v) is 8.16. The zero-order chi connectivity index (χ0) is 21.9. The van der Waals surface area contributed by atoms with E-state index in [1.807, 2.05) is 46.8 Å². The van der Waals surface area contributed by atoms with Gasteiger partial charge in [0.15, 0.2) is 0 Å². The van der Waals surface area contributed by atoms with Crippen molar-refractivity contribution in [2.45, 2.75) is 81.1 Å². The number of ether oxygens (including phenoxy) is 1. The molecule has 0 aliphatic rings. The van der Waals surface area contributed by atoms with Crippen molar-refractivity contribution in [1.29, 1.82) is 0 Å². The molecule has 0 spiro atoms. The molecule has 0 aromatic heterocycles. The normalized spacial score (nSPS) is 10.9. The summed E-state index contributed by atoms with van der Waals surface area (Å²) in [4.78, 5) is 26.0. The second kappa shape index (κ2) is 9.39. The van der Waals surface area contributed by atoms with Crippen LogP contribution in [0.15, 0.2) is 12.1 Å². The van der Waals surface area contributed by atoms with Gasteiger partial charge in [0.25, 0.3) is 0 Å². The summed E-state index contributed by atoms with van der Waals surface area (Å²) < 4.78 is 5.41. The van der Waals surface area contributed by atoms with Crippen LogP contribution in [0.25, 0.3) is 0 Å².